The second-order valence-electron chi connectivity index (χ2n) is 4.48. The van der Waals surface area contributed by atoms with Gasteiger partial charge in [0, 0.05) is 0 Å². The van der Waals surface area contributed by atoms with Crippen molar-refractivity contribution in [2.24, 2.45) is 5.92 Å². The lowest BCUT2D eigenvalue weighted by atomic mass is 10.1. The molecular formula is C12H22O4. The van der Waals surface area contributed by atoms with Gasteiger partial charge in [0.25, 0.3) is 0 Å². The number of rotatable bonds is 5. The molecule has 0 saturated carbocycles. The summed E-state index contributed by atoms with van der Waals surface area (Å²) in [7, 11) is 0. The van der Waals surface area contributed by atoms with Crippen molar-refractivity contribution in [3.8, 4) is 0 Å². The Morgan fingerprint density at radius 2 is 2.25 bits per heavy atom. The molecule has 94 valence electrons. The van der Waals surface area contributed by atoms with Crippen LogP contribution in [0.25, 0.3) is 0 Å². The fraction of sp³-hybridized carbons (Fsp3) is 0.917. The topological polar surface area (TPSA) is 44.8 Å². The van der Waals surface area contributed by atoms with Gasteiger partial charge in [-0.25, -0.2) is 0 Å². The summed E-state index contributed by atoms with van der Waals surface area (Å²) >= 11 is 0. The summed E-state index contributed by atoms with van der Waals surface area (Å²) in [5.41, 5.74) is 0. The molecule has 0 aliphatic carbocycles. The van der Waals surface area contributed by atoms with Crippen LogP contribution in [0.4, 0.5) is 0 Å². The highest BCUT2D eigenvalue weighted by molar-refractivity contribution is 5.71. The molecule has 3 atom stereocenters. The van der Waals surface area contributed by atoms with Crippen molar-refractivity contribution in [2.75, 3.05) is 13.2 Å². The third-order valence-corrected chi connectivity index (χ3v) is 3.06. The van der Waals surface area contributed by atoms with E-state index in [0.717, 1.165) is 12.8 Å². The first-order valence-corrected chi connectivity index (χ1v) is 5.99. The van der Waals surface area contributed by atoms with Crippen LogP contribution in [0.5, 0.6) is 0 Å². The zero-order valence-corrected chi connectivity index (χ0v) is 10.6. The highest BCUT2D eigenvalue weighted by Gasteiger charge is 2.36. The number of esters is 1. The van der Waals surface area contributed by atoms with Gasteiger partial charge in [0.15, 0.2) is 5.79 Å². The molecule has 0 N–H and O–H groups in total. The lowest BCUT2D eigenvalue weighted by Gasteiger charge is -2.21. The maximum Gasteiger partial charge on any atom is 0.308 e. The number of hydrogen-bond donors (Lipinski definition) is 0. The van der Waals surface area contributed by atoms with Crippen molar-refractivity contribution in [2.45, 2.75) is 52.4 Å². The van der Waals surface area contributed by atoms with E-state index < -0.39 is 5.79 Å². The molecule has 1 heterocycles. The molecule has 4 heteroatoms. The Morgan fingerprint density at radius 1 is 1.56 bits per heavy atom. The fourth-order valence-corrected chi connectivity index (χ4v) is 1.44. The van der Waals surface area contributed by atoms with Crippen LogP contribution in [0, 0.1) is 5.92 Å². The molecule has 1 fully saturated rings. The summed E-state index contributed by atoms with van der Waals surface area (Å²) < 4.78 is 16.3. The molecule has 3 unspecified atom stereocenters. The van der Waals surface area contributed by atoms with Crippen LogP contribution in [0.2, 0.25) is 0 Å². The second-order valence-corrected chi connectivity index (χ2v) is 4.48. The summed E-state index contributed by atoms with van der Waals surface area (Å²) in [5.74, 6) is -0.705. The summed E-state index contributed by atoms with van der Waals surface area (Å²) in [6.07, 6.45) is 1.47. The Morgan fingerprint density at radius 3 is 2.75 bits per heavy atom. The van der Waals surface area contributed by atoms with Crippen LogP contribution >= 0.6 is 0 Å². The number of carbonyl (C=O) groups excluding carboxylic acids is 1. The van der Waals surface area contributed by atoms with E-state index in [1.54, 1.807) is 0 Å². The van der Waals surface area contributed by atoms with E-state index in [2.05, 4.69) is 0 Å². The van der Waals surface area contributed by atoms with Gasteiger partial charge < -0.3 is 14.2 Å². The van der Waals surface area contributed by atoms with Gasteiger partial charge in [-0.1, -0.05) is 20.8 Å². The first-order valence-electron chi connectivity index (χ1n) is 5.99. The quantitative estimate of drug-likeness (QED) is 0.679. The van der Waals surface area contributed by atoms with Crippen molar-refractivity contribution in [1.82, 2.24) is 0 Å². The minimum absolute atomic E-state index is 0.0418. The third-order valence-electron chi connectivity index (χ3n) is 3.06. The Kier molecular flexibility index (Phi) is 4.74. The molecular weight excluding hydrogens is 208 g/mol. The molecule has 0 aromatic heterocycles. The minimum atomic E-state index is -0.507. The molecule has 1 aliphatic heterocycles. The van der Waals surface area contributed by atoms with E-state index in [4.69, 9.17) is 14.2 Å². The normalized spacial score (nSPS) is 31.4. The van der Waals surface area contributed by atoms with Crippen LogP contribution in [0.3, 0.4) is 0 Å². The van der Waals surface area contributed by atoms with Gasteiger partial charge in [-0.05, 0) is 19.8 Å². The summed E-state index contributed by atoms with van der Waals surface area (Å²) in [4.78, 5) is 11.4. The highest BCUT2D eigenvalue weighted by atomic mass is 16.7. The Hall–Kier alpha value is -0.610. The van der Waals surface area contributed by atoms with Gasteiger partial charge in [0.1, 0.15) is 12.7 Å². The molecule has 0 aromatic carbocycles. The maximum absolute atomic E-state index is 11.4. The summed E-state index contributed by atoms with van der Waals surface area (Å²) in [5, 5.41) is 0. The predicted octanol–water partition coefficient (Wildman–Crippen LogP) is 2.12. The van der Waals surface area contributed by atoms with Crippen LogP contribution in [-0.2, 0) is 19.0 Å². The lowest BCUT2D eigenvalue weighted by molar-refractivity contribution is -0.168. The fourth-order valence-electron chi connectivity index (χ4n) is 1.44. The Balaban J connectivity index is 2.28. The van der Waals surface area contributed by atoms with Crippen molar-refractivity contribution in [1.29, 1.82) is 0 Å². The van der Waals surface area contributed by atoms with E-state index in [0.29, 0.717) is 13.2 Å². The zero-order valence-electron chi connectivity index (χ0n) is 10.6. The molecule has 4 nitrogen and oxygen atoms in total. The number of carbonyl (C=O) groups is 1. The van der Waals surface area contributed by atoms with E-state index in [1.165, 1.54) is 0 Å². The minimum Gasteiger partial charge on any atom is -0.463 e. The molecule has 1 saturated heterocycles. The predicted molar refractivity (Wildman–Crippen MR) is 59.9 cm³/mol. The number of hydrogen-bond acceptors (Lipinski definition) is 4. The molecule has 0 amide bonds. The van der Waals surface area contributed by atoms with Gasteiger partial charge in [-0.3, -0.25) is 4.79 Å². The summed E-state index contributed by atoms with van der Waals surface area (Å²) in [6.45, 7) is 8.54. The van der Waals surface area contributed by atoms with E-state index >= 15 is 0 Å². The zero-order chi connectivity index (χ0) is 12.2. The molecule has 0 bridgehead atoms. The molecule has 1 aliphatic rings. The van der Waals surface area contributed by atoms with Gasteiger partial charge >= 0.3 is 5.97 Å². The van der Waals surface area contributed by atoms with Crippen LogP contribution in [0.1, 0.15) is 40.5 Å². The molecule has 1 rings (SSSR count). The molecule has 0 spiro atoms. The van der Waals surface area contributed by atoms with Crippen molar-refractivity contribution >= 4 is 5.97 Å². The first-order chi connectivity index (χ1) is 7.50. The van der Waals surface area contributed by atoms with Gasteiger partial charge in [-0.2, -0.15) is 0 Å². The van der Waals surface area contributed by atoms with E-state index in [-0.39, 0.29) is 18.0 Å². The molecule has 16 heavy (non-hydrogen) atoms. The van der Waals surface area contributed by atoms with E-state index in [1.807, 2.05) is 27.7 Å². The van der Waals surface area contributed by atoms with Crippen molar-refractivity contribution < 1.29 is 19.0 Å². The smallest absolute Gasteiger partial charge is 0.308 e. The first kappa shape index (κ1) is 13.5. The lowest BCUT2D eigenvalue weighted by Crippen LogP contribution is -2.28. The standard InChI is InChI=1S/C12H22O4/c1-5-9(3)11(13)14-7-10-8-15-12(4,6-2)16-10/h9-10H,5-8H2,1-4H3. The Labute approximate surface area is 97.2 Å². The SMILES string of the molecule is CCC(C)C(=O)OCC1COC(C)(CC)O1. The summed E-state index contributed by atoms with van der Waals surface area (Å²) in [6, 6.07) is 0. The van der Waals surface area contributed by atoms with Crippen molar-refractivity contribution in [3.05, 3.63) is 0 Å². The monoisotopic (exact) mass is 230 g/mol. The van der Waals surface area contributed by atoms with Gasteiger partial charge in [-0.15, -0.1) is 0 Å². The maximum atomic E-state index is 11.4. The molecule has 0 aromatic rings. The number of ether oxygens (including phenoxy) is 3. The van der Waals surface area contributed by atoms with Crippen LogP contribution in [-0.4, -0.2) is 31.1 Å². The van der Waals surface area contributed by atoms with Gasteiger partial charge in [0.05, 0.1) is 12.5 Å². The van der Waals surface area contributed by atoms with Crippen molar-refractivity contribution in [3.63, 3.8) is 0 Å². The molecule has 0 radical (unpaired) electrons. The average molecular weight is 230 g/mol. The van der Waals surface area contributed by atoms with E-state index in [9.17, 15) is 4.79 Å². The highest BCUT2D eigenvalue weighted by Crippen LogP contribution is 2.26. The van der Waals surface area contributed by atoms with Crippen LogP contribution in [0.15, 0.2) is 0 Å². The van der Waals surface area contributed by atoms with Crippen LogP contribution < -0.4 is 0 Å². The third kappa shape index (κ3) is 3.46. The second kappa shape index (κ2) is 5.64. The Bertz CT molecular complexity index is 241. The average Bonchev–Trinajstić information content (AvgIpc) is 2.68. The van der Waals surface area contributed by atoms with Gasteiger partial charge in [0.2, 0.25) is 0 Å². The largest absolute Gasteiger partial charge is 0.463 e.